The van der Waals surface area contributed by atoms with Crippen molar-refractivity contribution in [3.8, 4) is 0 Å². The van der Waals surface area contributed by atoms with Gasteiger partial charge in [0.1, 0.15) is 5.69 Å². The number of likely N-dealkylation sites (N-methyl/N-ethyl adjacent to an activating group) is 1. The minimum absolute atomic E-state index is 0.0413. The number of pyridine rings is 1. The fraction of sp³-hybridized carbons (Fsp3) is 0.385. The lowest BCUT2D eigenvalue weighted by Gasteiger charge is -2.30. The maximum absolute atomic E-state index is 12.1. The summed E-state index contributed by atoms with van der Waals surface area (Å²) in [4.78, 5) is 39.9. The van der Waals surface area contributed by atoms with Gasteiger partial charge in [0.2, 0.25) is 5.91 Å². The van der Waals surface area contributed by atoms with Gasteiger partial charge in [0.25, 0.3) is 5.91 Å². The molecule has 7 nitrogen and oxygen atoms in total. The van der Waals surface area contributed by atoms with E-state index in [2.05, 4.69) is 10.3 Å². The molecule has 7 heteroatoms. The van der Waals surface area contributed by atoms with E-state index in [0.717, 1.165) is 0 Å². The van der Waals surface area contributed by atoms with Gasteiger partial charge >= 0.3 is 5.97 Å². The maximum Gasteiger partial charge on any atom is 0.338 e. The van der Waals surface area contributed by atoms with Crippen LogP contribution in [0, 0.1) is 0 Å². The van der Waals surface area contributed by atoms with Gasteiger partial charge in [-0.1, -0.05) is 0 Å². The van der Waals surface area contributed by atoms with Crippen LogP contribution in [0.1, 0.15) is 33.7 Å². The SMILES string of the molecule is CN1CC(NC(=O)c2ncccc2C(=O)O)CCC1=O. The van der Waals surface area contributed by atoms with Crippen molar-refractivity contribution in [3.05, 3.63) is 29.6 Å². The van der Waals surface area contributed by atoms with Crippen molar-refractivity contribution < 1.29 is 19.5 Å². The van der Waals surface area contributed by atoms with Gasteiger partial charge in [-0.3, -0.25) is 14.6 Å². The second-order valence-corrected chi connectivity index (χ2v) is 4.69. The third-order valence-electron chi connectivity index (χ3n) is 3.22. The first-order valence-electron chi connectivity index (χ1n) is 6.22. The number of carboxylic acid groups (broad SMARTS) is 1. The standard InChI is InChI=1S/C13H15N3O4/c1-16-7-8(4-5-10(16)17)15-12(18)11-9(13(19)20)3-2-6-14-11/h2-3,6,8H,4-5,7H2,1H3,(H,15,18)(H,19,20). The highest BCUT2D eigenvalue weighted by atomic mass is 16.4. The Labute approximate surface area is 115 Å². The van der Waals surface area contributed by atoms with Gasteiger partial charge < -0.3 is 15.3 Å². The van der Waals surface area contributed by atoms with Crippen LogP contribution >= 0.6 is 0 Å². The lowest BCUT2D eigenvalue weighted by Crippen LogP contribution is -2.48. The molecule has 0 aromatic carbocycles. The van der Waals surface area contributed by atoms with Crippen LogP contribution in [0.2, 0.25) is 0 Å². The number of nitrogens with zero attached hydrogens (tertiary/aromatic N) is 2. The molecule has 1 saturated heterocycles. The van der Waals surface area contributed by atoms with Gasteiger partial charge in [-0.25, -0.2) is 4.79 Å². The molecule has 1 unspecified atom stereocenters. The molecule has 2 heterocycles. The Bertz CT molecular complexity index is 558. The first-order chi connectivity index (χ1) is 9.49. The van der Waals surface area contributed by atoms with Crippen molar-refractivity contribution in [2.24, 2.45) is 0 Å². The number of likely N-dealkylation sites (tertiary alicyclic amines) is 1. The average molecular weight is 277 g/mol. The number of nitrogens with one attached hydrogen (secondary N) is 1. The highest BCUT2D eigenvalue weighted by Gasteiger charge is 2.26. The van der Waals surface area contributed by atoms with Crippen molar-refractivity contribution in [2.75, 3.05) is 13.6 Å². The second kappa shape index (κ2) is 5.68. The van der Waals surface area contributed by atoms with E-state index in [0.29, 0.717) is 19.4 Å². The van der Waals surface area contributed by atoms with Crippen LogP contribution in [-0.2, 0) is 4.79 Å². The van der Waals surface area contributed by atoms with Crippen LogP contribution in [0.5, 0.6) is 0 Å². The third kappa shape index (κ3) is 2.93. The van der Waals surface area contributed by atoms with E-state index in [1.54, 1.807) is 11.9 Å². The topological polar surface area (TPSA) is 99.6 Å². The summed E-state index contributed by atoms with van der Waals surface area (Å²) >= 11 is 0. The molecule has 0 radical (unpaired) electrons. The Balaban J connectivity index is 2.09. The van der Waals surface area contributed by atoms with E-state index in [9.17, 15) is 14.4 Å². The fourth-order valence-corrected chi connectivity index (χ4v) is 2.14. The molecule has 2 rings (SSSR count). The van der Waals surface area contributed by atoms with Crippen molar-refractivity contribution in [2.45, 2.75) is 18.9 Å². The molecule has 1 aliphatic rings. The van der Waals surface area contributed by atoms with Crippen LogP contribution in [-0.4, -0.2) is 52.4 Å². The zero-order chi connectivity index (χ0) is 14.7. The molecule has 1 aliphatic heterocycles. The highest BCUT2D eigenvalue weighted by Crippen LogP contribution is 2.11. The molecule has 0 spiro atoms. The van der Waals surface area contributed by atoms with Crippen molar-refractivity contribution in [3.63, 3.8) is 0 Å². The average Bonchev–Trinajstić information content (AvgIpc) is 2.43. The van der Waals surface area contributed by atoms with Gasteiger partial charge in [0.15, 0.2) is 0 Å². The molecule has 0 bridgehead atoms. The molecule has 2 amide bonds. The normalized spacial score (nSPS) is 18.8. The molecule has 1 aromatic rings. The molecule has 0 saturated carbocycles. The summed E-state index contributed by atoms with van der Waals surface area (Å²) < 4.78 is 0. The molecule has 1 atom stereocenters. The summed E-state index contributed by atoms with van der Waals surface area (Å²) in [6.45, 7) is 0.416. The van der Waals surface area contributed by atoms with Crippen molar-refractivity contribution >= 4 is 17.8 Å². The Hall–Kier alpha value is -2.44. The quantitative estimate of drug-likeness (QED) is 0.818. The lowest BCUT2D eigenvalue weighted by atomic mass is 10.1. The number of aromatic carboxylic acids is 1. The number of carbonyl (C=O) groups excluding carboxylic acids is 2. The molecule has 2 N–H and O–H groups in total. The van der Waals surface area contributed by atoms with Gasteiger partial charge in [0, 0.05) is 32.3 Å². The Kier molecular flexibility index (Phi) is 3.97. The summed E-state index contributed by atoms with van der Waals surface area (Å²) in [6.07, 6.45) is 2.29. The number of amides is 2. The fourth-order valence-electron chi connectivity index (χ4n) is 2.14. The van der Waals surface area contributed by atoms with Gasteiger partial charge in [-0.15, -0.1) is 0 Å². The number of hydrogen-bond donors (Lipinski definition) is 2. The van der Waals surface area contributed by atoms with E-state index >= 15 is 0 Å². The van der Waals surface area contributed by atoms with E-state index in [-0.39, 0.29) is 23.2 Å². The molecular weight excluding hydrogens is 262 g/mol. The molecule has 20 heavy (non-hydrogen) atoms. The summed E-state index contributed by atoms with van der Waals surface area (Å²) in [7, 11) is 1.67. The van der Waals surface area contributed by atoms with Gasteiger partial charge in [0.05, 0.1) is 5.56 Å². The smallest absolute Gasteiger partial charge is 0.338 e. The molecule has 1 fully saturated rings. The highest BCUT2D eigenvalue weighted by molar-refractivity contribution is 6.03. The van der Waals surface area contributed by atoms with Gasteiger partial charge in [-0.2, -0.15) is 0 Å². The van der Waals surface area contributed by atoms with E-state index in [1.807, 2.05) is 0 Å². The Morgan fingerprint density at radius 2 is 2.25 bits per heavy atom. The number of hydrogen-bond acceptors (Lipinski definition) is 4. The van der Waals surface area contributed by atoms with Crippen LogP contribution in [0.3, 0.4) is 0 Å². The minimum atomic E-state index is -1.20. The zero-order valence-electron chi connectivity index (χ0n) is 11.0. The van der Waals surface area contributed by atoms with Gasteiger partial charge in [-0.05, 0) is 18.6 Å². The Morgan fingerprint density at radius 1 is 1.50 bits per heavy atom. The van der Waals surface area contributed by atoms with Crippen LogP contribution in [0.15, 0.2) is 18.3 Å². The molecule has 1 aromatic heterocycles. The summed E-state index contributed by atoms with van der Waals surface area (Å²) in [5.41, 5.74) is -0.246. The number of carbonyl (C=O) groups is 3. The molecule has 106 valence electrons. The molecular formula is C13H15N3O4. The summed E-state index contributed by atoms with van der Waals surface area (Å²) in [5.74, 6) is -1.69. The second-order valence-electron chi connectivity index (χ2n) is 4.69. The zero-order valence-corrected chi connectivity index (χ0v) is 11.0. The van der Waals surface area contributed by atoms with Crippen molar-refractivity contribution in [1.29, 1.82) is 0 Å². The number of piperidine rings is 1. The number of aromatic nitrogens is 1. The first kappa shape index (κ1) is 14.0. The summed E-state index contributed by atoms with van der Waals surface area (Å²) in [6, 6.07) is 2.61. The predicted octanol–water partition coefficient (Wildman–Crippen LogP) is 0.130. The Morgan fingerprint density at radius 3 is 2.90 bits per heavy atom. The lowest BCUT2D eigenvalue weighted by molar-refractivity contribution is -0.132. The predicted molar refractivity (Wildman–Crippen MR) is 69.3 cm³/mol. The number of rotatable bonds is 3. The van der Waals surface area contributed by atoms with Crippen LogP contribution in [0.4, 0.5) is 0 Å². The number of carboxylic acids is 1. The molecule has 0 aliphatic carbocycles. The van der Waals surface area contributed by atoms with E-state index in [4.69, 9.17) is 5.11 Å². The van der Waals surface area contributed by atoms with Crippen molar-refractivity contribution in [1.82, 2.24) is 15.2 Å². The third-order valence-corrected chi connectivity index (χ3v) is 3.22. The van der Waals surface area contributed by atoms with E-state index < -0.39 is 11.9 Å². The van der Waals surface area contributed by atoms with Crippen LogP contribution in [0.25, 0.3) is 0 Å². The maximum atomic E-state index is 12.1. The monoisotopic (exact) mass is 277 g/mol. The summed E-state index contributed by atoms with van der Waals surface area (Å²) in [5, 5.41) is 11.7. The first-order valence-corrected chi connectivity index (χ1v) is 6.22. The van der Waals surface area contributed by atoms with E-state index in [1.165, 1.54) is 18.3 Å². The van der Waals surface area contributed by atoms with Crippen LogP contribution < -0.4 is 5.32 Å². The largest absolute Gasteiger partial charge is 0.478 e. The minimum Gasteiger partial charge on any atom is -0.478 e.